The van der Waals surface area contributed by atoms with E-state index in [2.05, 4.69) is 22.4 Å². The molecule has 1 N–H and O–H groups in total. The predicted octanol–water partition coefficient (Wildman–Crippen LogP) is 5.71. The number of hydrogen-bond donors (Lipinski definition) is 1. The quantitative estimate of drug-likeness (QED) is 0.408. The molecule has 3 aromatic rings. The summed E-state index contributed by atoms with van der Waals surface area (Å²) >= 11 is 7.41. The van der Waals surface area contributed by atoms with Crippen LogP contribution in [0.4, 0.5) is 5.00 Å². The Morgan fingerprint density at radius 3 is 2.85 bits per heavy atom. The molecule has 174 valence electrons. The molecule has 33 heavy (non-hydrogen) atoms. The number of fused-ring (bicyclic) bond motifs is 1. The Labute approximate surface area is 201 Å². The molecule has 2 aromatic heterocycles. The number of hydrogen-bond acceptors (Lipinski definition) is 7. The van der Waals surface area contributed by atoms with E-state index in [0.29, 0.717) is 52.7 Å². The fraction of sp³-hybridized carbons (Fsp3) is 0.417. The van der Waals surface area contributed by atoms with Crippen molar-refractivity contribution in [3.63, 3.8) is 0 Å². The predicted molar refractivity (Wildman–Crippen MR) is 128 cm³/mol. The minimum absolute atomic E-state index is 0.148. The molecule has 0 fully saturated rings. The van der Waals surface area contributed by atoms with E-state index in [0.717, 1.165) is 30.4 Å². The van der Waals surface area contributed by atoms with Crippen LogP contribution in [0, 0.1) is 5.92 Å². The van der Waals surface area contributed by atoms with Gasteiger partial charge in [0.25, 0.3) is 0 Å². The highest BCUT2D eigenvalue weighted by Crippen LogP contribution is 2.40. The van der Waals surface area contributed by atoms with Crippen molar-refractivity contribution in [3.8, 4) is 11.4 Å². The van der Waals surface area contributed by atoms with Gasteiger partial charge in [-0.05, 0) is 68.4 Å². The molecule has 1 amide bonds. The number of rotatable bonds is 8. The van der Waals surface area contributed by atoms with Crippen LogP contribution in [0.3, 0.4) is 0 Å². The summed E-state index contributed by atoms with van der Waals surface area (Å²) in [7, 11) is 0. The first-order valence-corrected chi connectivity index (χ1v) is 12.3. The van der Waals surface area contributed by atoms with Crippen molar-refractivity contribution in [2.75, 3.05) is 11.9 Å². The second kappa shape index (κ2) is 10.5. The van der Waals surface area contributed by atoms with E-state index in [1.54, 1.807) is 19.1 Å². The first kappa shape index (κ1) is 23.4. The highest BCUT2D eigenvalue weighted by atomic mass is 35.5. The number of anilines is 1. The summed E-state index contributed by atoms with van der Waals surface area (Å²) in [4.78, 5) is 30.8. The first-order valence-electron chi connectivity index (χ1n) is 11.1. The van der Waals surface area contributed by atoms with Gasteiger partial charge in [-0.15, -0.1) is 11.3 Å². The number of aryl methyl sites for hydroxylation is 1. The molecule has 1 aliphatic carbocycles. The van der Waals surface area contributed by atoms with E-state index in [1.807, 2.05) is 12.1 Å². The standard InChI is InChI=1S/C24H26ClN3O4S/c1-3-31-24(30)21-17-12-7-14(2)13-18(17)33-23(21)26-19(29)5-4-6-20-27-22(28-32-20)15-8-10-16(25)11-9-15/h8-11,14H,3-7,12-13H2,1-2H3,(H,26,29). The van der Waals surface area contributed by atoms with Gasteiger partial charge >= 0.3 is 5.97 Å². The van der Waals surface area contributed by atoms with Gasteiger partial charge in [0.15, 0.2) is 0 Å². The first-order chi connectivity index (χ1) is 15.9. The smallest absolute Gasteiger partial charge is 0.341 e. The van der Waals surface area contributed by atoms with Crippen LogP contribution >= 0.6 is 22.9 Å². The molecule has 1 unspecified atom stereocenters. The average molecular weight is 488 g/mol. The molecular weight excluding hydrogens is 462 g/mol. The second-order valence-corrected chi connectivity index (χ2v) is 9.74. The molecule has 0 saturated heterocycles. The van der Waals surface area contributed by atoms with Gasteiger partial charge in [0.05, 0.1) is 12.2 Å². The fourth-order valence-electron chi connectivity index (χ4n) is 3.92. The number of amides is 1. The van der Waals surface area contributed by atoms with Gasteiger partial charge in [0.2, 0.25) is 17.6 Å². The highest BCUT2D eigenvalue weighted by molar-refractivity contribution is 7.17. The van der Waals surface area contributed by atoms with Gasteiger partial charge in [-0.1, -0.05) is 23.7 Å². The van der Waals surface area contributed by atoms with Crippen LogP contribution in [-0.2, 0) is 28.8 Å². The normalized spacial score (nSPS) is 15.2. The van der Waals surface area contributed by atoms with Gasteiger partial charge in [-0.3, -0.25) is 4.79 Å². The Balaban J connectivity index is 1.36. The number of carbonyl (C=O) groups is 2. The lowest BCUT2D eigenvalue weighted by Gasteiger charge is -2.18. The monoisotopic (exact) mass is 487 g/mol. The van der Waals surface area contributed by atoms with Crippen molar-refractivity contribution in [3.05, 3.63) is 51.2 Å². The lowest BCUT2D eigenvalue weighted by molar-refractivity contribution is -0.116. The molecule has 0 aliphatic heterocycles. The lowest BCUT2D eigenvalue weighted by atomic mass is 9.88. The maximum atomic E-state index is 12.6. The summed E-state index contributed by atoms with van der Waals surface area (Å²) in [6.07, 6.45) is 4.10. The highest BCUT2D eigenvalue weighted by Gasteiger charge is 2.29. The summed E-state index contributed by atoms with van der Waals surface area (Å²) < 4.78 is 10.6. The van der Waals surface area contributed by atoms with Gasteiger partial charge in [-0.25, -0.2) is 4.79 Å². The third kappa shape index (κ3) is 5.62. The zero-order valence-electron chi connectivity index (χ0n) is 18.7. The number of halogens is 1. The largest absolute Gasteiger partial charge is 0.462 e. The molecule has 0 bridgehead atoms. The molecular formula is C24H26ClN3O4S. The van der Waals surface area contributed by atoms with Gasteiger partial charge in [0, 0.05) is 28.3 Å². The van der Waals surface area contributed by atoms with Crippen molar-refractivity contribution in [2.45, 2.75) is 52.4 Å². The molecule has 2 heterocycles. The van der Waals surface area contributed by atoms with Crippen molar-refractivity contribution < 1.29 is 18.8 Å². The molecule has 9 heteroatoms. The van der Waals surface area contributed by atoms with Crippen LogP contribution in [0.2, 0.25) is 5.02 Å². The number of ether oxygens (including phenoxy) is 1. The molecule has 0 radical (unpaired) electrons. The Bertz CT molecular complexity index is 1140. The van der Waals surface area contributed by atoms with Crippen molar-refractivity contribution >= 4 is 39.8 Å². The molecule has 1 aromatic carbocycles. The lowest BCUT2D eigenvalue weighted by Crippen LogP contribution is -2.16. The van der Waals surface area contributed by atoms with E-state index in [9.17, 15) is 9.59 Å². The number of aromatic nitrogens is 2. The van der Waals surface area contributed by atoms with Crippen molar-refractivity contribution in [1.82, 2.24) is 10.1 Å². The number of carbonyl (C=O) groups excluding carboxylic acids is 2. The SMILES string of the molecule is CCOC(=O)c1c(NC(=O)CCCc2nc(-c3ccc(Cl)cc3)no2)sc2c1CCC(C)C2. The number of esters is 1. The molecule has 0 spiro atoms. The minimum atomic E-state index is -0.361. The summed E-state index contributed by atoms with van der Waals surface area (Å²) in [6, 6.07) is 7.19. The van der Waals surface area contributed by atoms with Crippen molar-refractivity contribution in [1.29, 1.82) is 0 Å². The van der Waals surface area contributed by atoms with Crippen LogP contribution in [-0.4, -0.2) is 28.6 Å². The Hall–Kier alpha value is -2.71. The Morgan fingerprint density at radius 1 is 1.30 bits per heavy atom. The number of nitrogens with one attached hydrogen (secondary N) is 1. The summed E-state index contributed by atoms with van der Waals surface area (Å²) in [5.74, 6) is 1.02. The molecule has 4 rings (SSSR count). The third-order valence-corrected chi connectivity index (χ3v) is 7.03. The van der Waals surface area contributed by atoms with Gasteiger partial charge in [0.1, 0.15) is 5.00 Å². The summed E-state index contributed by atoms with van der Waals surface area (Å²) in [5, 5.41) is 8.18. The van der Waals surface area contributed by atoms with E-state index in [4.69, 9.17) is 20.9 Å². The zero-order valence-corrected chi connectivity index (χ0v) is 20.2. The molecule has 7 nitrogen and oxygen atoms in total. The summed E-state index contributed by atoms with van der Waals surface area (Å²) in [6.45, 7) is 4.29. The van der Waals surface area contributed by atoms with E-state index in [1.165, 1.54) is 16.2 Å². The Kier molecular flexibility index (Phi) is 7.45. The molecule has 1 aliphatic rings. The van der Waals surface area contributed by atoms with Crippen LogP contribution in [0.1, 0.15) is 59.8 Å². The van der Waals surface area contributed by atoms with Crippen LogP contribution < -0.4 is 5.32 Å². The van der Waals surface area contributed by atoms with Crippen LogP contribution in [0.5, 0.6) is 0 Å². The Morgan fingerprint density at radius 2 is 2.09 bits per heavy atom. The molecule has 1 atom stereocenters. The maximum Gasteiger partial charge on any atom is 0.341 e. The van der Waals surface area contributed by atoms with Gasteiger partial charge in [-0.2, -0.15) is 4.98 Å². The molecule has 0 saturated carbocycles. The second-order valence-electron chi connectivity index (χ2n) is 8.20. The van der Waals surface area contributed by atoms with E-state index in [-0.39, 0.29) is 18.3 Å². The van der Waals surface area contributed by atoms with E-state index >= 15 is 0 Å². The number of thiophene rings is 1. The zero-order chi connectivity index (χ0) is 23.4. The van der Waals surface area contributed by atoms with Crippen molar-refractivity contribution in [2.24, 2.45) is 5.92 Å². The maximum absolute atomic E-state index is 12.6. The topological polar surface area (TPSA) is 94.3 Å². The number of benzene rings is 1. The summed E-state index contributed by atoms with van der Waals surface area (Å²) in [5.41, 5.74) is 2.38. The minimum Gasteiger partial charge on any atom is -0.462 e. The fourth-order valence-corrected chi connectivity index (χ4v) is 5.46. The van der Waals surface area contributed by atoms with Crippen LogP contribution in [0.25, 0.3) is 11.4 Å². The average Bonchev–Trinajstić information content (AvgIpc) is 3.38. The van der Waals surface area contributed by atoms with E-state index < -0.39 is 0 Å². The van der Waals surface area contributed by atoms with Gasteiger partial charge < -0.3 is 14.6 Å². The number of nitrogens with zero attached hydrogens (tertiary/aromatic N) is 2. The third-order valence-electron chi connectivity index (χ3n) is 5.61. The van der Waals surface area contributed by atoms with Crippen LogP contribution in [0.15, 0.2) is 28.8 Å².